The van der Waals surface area contributed by atoms with Crippen LogP contribution in [0.3, 0.4) is 0 Å². The largest absolute Gasteiger partial charge is 0.349 e. The quantitative estimate of drug-likeness (QED) is 0.317. The van der Waals surface area contributed by atoms with E-state index in [4.69, 9.17) is 23.2 Å². The Balaban J connectivity index is 1.44. The number of Topliss-reactive ketones (excluding diaryl/α,β-unsaturated/α-hetero) is 1. The van der Waals surface area contributed by atoms with Crippen LogP contribution in [0.15, 0.2) is 72.8 Å². The van der Waals surface area contributed by atoms with Crippen molar-refractivity contribution in [3.05, 3.63) is 105 Å². The molecule has 1 fully saturated rings. The third kappa shape index (κ3) is 6.94. The molecule has 1 N–H and O–H groups in total. The lowest BCUT2D eigenvalue weighted by Gasteiger charge is -2.35. The van der Waals surface area contributed by atoms with Crippen LogP contribution in [0.5, 0.6) is 0 Å². The van der Waals surface area contributed by atoms with Crippen LogP contribution in [0.1, 0.15) is 53.2 Å². The summed E-state index contributed by atoms with van der Waals surface area (Å²) in [6.07, 6.45) is 3.62. The molecule has 4 rings (SSSR count). The average Bonchev–Trinajstić information content (AvgIpc) is 2.89. The van der Waals surface area contributed by atoms with Crippen LogP contribution in [-0.2, 0) is 11.2 Å². The van der Waals surface area contributed by atoms with Gasteiger partial charge in [0.1, 0.15) is 5.82 Å². The highest BCUT2D eigenvalue weighted by Crippen LogP contribution is 2.25. The summed E-state index contributed by atoms with van der Waals surface area (Å²) in [5.74, 6) is -0.441. The van der Waals surface area contributed by atoms with E-state index in [0.29, 0.717) is 28.6 Å². The number of amides is 1. The van der Waals surface area contributed by atoms with Crippen molar-refractivity contribution >= 4 is 34.9 Å². The van der Waals surface area contributed by atoms with Crippen molar-refractivity contribution in [2.24, 2.45) is 0 Å². The lowest BCUT2D eigenvalue weighted by atomic mass is 9.93. The number of carbonyl (C=O) groups excluding carboxylic acids is 2. The van der Waals surface area contributed by atoms with Crippen molar-refractivity contribution < 1.29 is 14.0 Å². The first-order valence-electron chi connectivity index (χ1n) is 12.2. The maximum atomic E-state index is 13.4. The molecule has 0 radical (unpaired) electrons. The minimum Gasteiger partial charge on any atom is -0.349 e. The SMILES string of the molecule is O=C(Cc1ccc(Cl)c(Cl)c1)NC(CCN1CCCCC1C(=O)c1ccc(F)cc1)c1ccccc1. The van der Waals surface area contributed by atoms with Gasteiger partial charge in [-0.1, -0.05) is 66.0 Å². The van der Waals surface area contributed by atoms with Crippen LogP contribution in [0, 0.1) is 5.82 Å². The minimum atomic E-state index is -0.352. The Hall–Kier alpha value is -2.73. The third-order valence-corrected chi connectivity index (χ3v) is 7.37. The van der Waals surface area contributed by atoms with Crippen LogP contribution < -0.4 is 5.32 Å². The third-order valence-electron chi connectivity index (χ3n) is 6.64. The number of nitrogens with one attached hydrogen (secondary N) is 1. The molecule has 0 aromatic heterocycles. The highest BCUT2D eigenvalue weighted by Gasteiger charge is 2.30. The molecule has 1 aliphatic rings. The maximum absolute atomic E-state index is 13.4. The number of piperidine rings is 1. The zero-order valence-corrected chi connectivity index (χ0v) is 21.4. The molecule has 2 atom stereocenters. The fourth-order valence-electron chi connectivity index (χ4n) is 4.74. The Labute approximate surface area is 221 Å². The Kier molecular flexibility index (Phi) is 9.13. The average molecular weight is 527 g/mol. The van der Waals surface area contributed by atoms with Gasteiger partial charge in [0.15, 0.2) is 5.78 Å². The fraction of sp³-hybridized carbons (Fsp3) is 0.310. The molecular formula is C29H29Cl2FN2O2. The molecule has 7 heteroatoms. The summed E-state index contributed by atoms with van der Waals surface area (Å²) in [4.78, 5) is 28.4. The molecular weight excluding hydrogens is 498 g/mol. The van der Waals surface area contributed by atoms with Gasteiger partial charge < -0.3 is 5.32 Å². The van der Waals surface area contributed by atoms with E-state index in [9.17, 15) is 14.0 Å². The Morgan fingerprint density at radius 3 is 2.44 bits per heavy atom. The minimum absolute atomic E-state index is 0.0228. The summed E-state index contributed by atoms with van der Waals surface area (Å²) in [7, 11) is 0. The first kappa shape index (κ1) is 26.3. The maximum Gasteiger partial charge on any atom is 0.224 e. The molecule has 188 valence electrons. The highest BCUT2D eigenvalue weighted by molar-refractivity contribution is 6.42. The summed E-state index contributed by atoms with van der Waals surface area (Å²) in [5, 5.41) is 4.04. The number of ketones is 1. The van der Waals surface area contributed by atoms with Crippen LogP contribution in [-0.4, -0.2) is 35.7 Å². The predicted octanol–water partition coefficient (Wildman–Crippen LogP) is 6.66. The molecule has 0 aliphatic carbocycles. The number of halogens is 3. The van der Waals surface area contributed by atoms with Gasteiger partial charge in [-0.15, -0.1) is 0 Å². The van der Waals surface area contributed by atoms with E-state index in [-0.39, 0.29) is 36.0 Å². The summed E-state index contributed by atoms with van der Waals surface area (Å²) in [6.45, 7) is 1.47. The summed E-state index contributed by atoms with van der Waals surface area (Å²) >= 11 is 12.1. The van der Waals surface area contributed by atoms with E-state index in [1.54, 1.807) is 30.3 Å². The van der Waals surface area contributed by atoms with Crippen LogP contribution in [0.4, 0.5) is 4.39 Å². The van der Waals surface area contributed by atoms with E-state index < -0.39 is 0 Å². The first-order chi connectivity index (χ1) is 17.4. The van der Waals surface area contributed by atoms with E-state index in [2.05, 4.69) is 10.2 Å². The lowest BCUT2D eigenvalue weighted by molar-refractivity contribution is -0.121. The topological polar surface area (TPSA) is 49.4 Å². The van der Waals surface area contributed by atoms with E-state index >= 15 is 0 Å². The summed E-state index contributed by atoms with van der Waals surface area (Å²) in [6, 6.07) is 20.4. The van der Waals surface area contributed by atoms with Gasteiger partial charge in [-0.25, -0.2) is 4.39 Å². The summed E-state index contributed by atoms with van der Waals surface area (Å²) < 4.78 is 13.4. The van der Waals surface area contributed by atoms with Gasteiger partial charge in [-0.05, 0) is 73.3 Å². The number of benzene rings is 3. The Morgan fingerprint density at radius 2 is 1.72 bits per heavy atom. The molecule has 36 heavy (non-hydrogen) atoms. The molecule has 1 aliphatic heterocycles. The molecule has 1 heterocycles. The zero-order chi connectivity index (χ0) is 25.5. The van der Waals surface area contributed by atoms with Gasteiger partial charge in [0.05, 0.1) is 28.5 Å². The second kappa shape index (κ2) is 12.5. The van der Waals surface area contributed by atoms with E-state index in [0.717, 1.165) is 36.9 Å². The number of rotatable bonds is 9. The number of hydrogen-bond acceptors (Lipinski definition) is 3. The van der Waals surface area contributed by atoms with Crippen LogP contribution in [0.2, 0.25) is 10.0 Å². The molecule has 1 saturated heterocycles. The Morgan fingerprint density at radius 1 is 0.972 bits per heavy atom. The molecule has 3 aromatic rings. The molecule has 2 unspecified atom stereocenters. The molecule has 4 nitrogen and oxygen atoms in total. The van der Waals surface area contributed by atoms with Gasteiger partial charge >= 0.3 is 0 Å². The predicted molar refractivity (Wildman–Crippen MR) is 142 cm³/mol. The van der Waals surface area contributed by atoms with Gasteiger partial charge in [0.25, 0.3) is 0 Å². The lowest BCUT2D eigenvalue weighted by Crippen LogP contribution is -2.46. The number of likely N-dealkylation sites (tertiary alicyclic amines) is 1. The normalized spacial score (nSPS) is 16.9. The van der Waals surface area contributed by atoms with Crippen molar-refractivity contribution in [3.8, 4) is 0 Å². The highest BCUT2D eigenvalue weighted by atomic mass is 35.5. The zero-order valence-electron chi connectivity index (χ0n) is 19.9. The van der Waals surface area contributed by atoms with E-state index in [1.807, 2.05) is 30.3 Å². The molecule has 0 bridgehead atoms. The number of hydrogen-bond donors (Lipinski definition) is 1. The van der Waals surface area contributed by atoms with E-state index in [1.165, 1.54) is 12.1 Å². The molecule has 0 saturated carbocycles. The van der Waals surface area contributed by atoms with Crippen molar-refractivity contribution in [1.82, 2.24) is 10.2 Å². The van der Waals surface area contributed by atoms with Gasteiger partial charge in [-0.3, -0.25) is 14.5 Å². The molecule has 3 aromatic carbocycles. The van der Waals surface area contributed by atoms with Gasteiger partial charge in [0.2, 0.25) is 5.91 Å². The van der Waals surface area contributed by atoms with Gasteiger partial charge in [0, 0.05) is 12.1 Å². The summed E-state index contributed by atoms with van der Waals surface area (Å²) in [5.41, 5.74) is 2.33. The van der Waals surface area contributed by atoms with Crippen molar-refractivity contribution in [2.45, 2.75) is 44.2 Å². The van der Waals surface area contributed by atoms with Crippen molar-refractivity contribution in [3.63, 3.8) is 0 Å². The van der Waals surface area contributed by atoms with Crippen LogP contribution >= 0.6 is 23.2 Å². The monoisotopic (exact) mass is 526 g/mol. The first-order valence-corrected chi connectivity index (χ1v) is 13.0. The van der Waals surface area contributed by atoms with Crippen LogP contribution in [0.25, 0.3) is 0 Å². The molecule has 0 spiro atoms. The van der Waals surface area contributed by atoms with Crippen molar-refractivity contribution in [2.75, 3.05) is 13.1 Å². The number of carbonyl (C=O) groups is 2. The van der Waals surface area contributed by atoms with Crippen molar-refractivity contribution in [1.29, 1.82) is 0 Å². The molecule has 1 amide bonds. The Bertz CT molecular complexity index is 1190. The second-order valence-electron chi connectivity index (χ2n) is 9.16. The second-order valence-corrected chi connectivity index (χ2v) is 9.98. The smallest absolute Gasteiger partial charge is 0.224 e. The standard InChI is InChI=1S/C29H29Cl2FN2O2/c30-24-14-9-20(18-25(24)31)19-28(35)33-26(21-6-2-1-3-7-21)15-17-34-16-5-4-8-27(34)29(36)22-10-12-23(32)13-11-22/h1-3,6-7,9-14,18,26-27H,4-5,8,15-17,19H2,(H,33,35). The number of nitrogens with zero attached hydrogens (tertiary/aromatic N) is 1. The van der Waals surface area contributed by atoms with Gasteiger partial charge in [-0.2, -0.15) is 0 Å². The fourth-order valence-corrected chi connectivity index (χ4v) is 5.07.